The lowest BCUT2D eigenvalue weighted by Crippen LogP contribution is -2.16. The monoisotopic (exact) mass is 313 g/mol. The van der Waals surface area contributed by atoms with E-state index in [1.165, 1.54) is 6.21 Å². The lowest BCUT2D eigenvalue weighted by Gasteiger charge is -2.18. The summed E-state index contributed by atoms with van der Waals surface area (Å²) in [4.78, 5) is 28.0. The SMILES string of the molecule is C=C(/N=C\C=C/C)C(=O)CCC(=O)c1ccc2c(c1)OCCO2. The van der Waals surface area contributed by atoms with Gasteiger partial charge in [0.15, 0.2) is 23.1 Å². The van der Waals surface area contributed by atoms with Crippen molar-refractivity contribution in [2.75, 3.05) is 13.2 Å². The van der Waals surface area contributed by atoms with Gasteiger partial charge in [0.25, 0.3) is 0 Å². The number of carbonyl (C=O) groups is 2. The average molecular weight is 313 g/mol. The lowest BCUT2D eigenvalue weighted by molar-refractivity contribution is -0.115. The predicted molar refractivity (Wildman–Crippen MR) is 88.4 cm³/mol. The lowest BCUT2D eigenvalue weighted by atomic mass is 10.0. The van der Waals surface area contributed by atoms with Crippen molar-refractivity contribution in [2.45, 2.75) is 19.8 Å². The second-order valence-electron chi connectivity index (χ2n) is 4.96. The van der Waals surface area contributed by atoms with Crippen LogP contribution in [0.4, 0.5) is 0 Å². The van der Waals surface area contributed by atoms with Gasteiger partial charge in [0.2, 0.25) is 0 Å². The quantitative estimate of drug-likeness (QED) is 0.440. The van der Waals surface area contributed by atoms with E-state index in [2.05, 4.69) is 11.6 Å². The molecule has 1 heterocycles. The molecule has 5 heteroatoms. The molecule has 1 aliphatic rings. The van der Waals surface area contributed by atoms with Crippen LogP contribution in [0.5, 0.6) is 11.5 Å². The number of nitrogens with zero attached hydrogens (tertiary/aromatic N) is 1. The molecule has 1 aliphatic heterocycles. The zero-order valence-corrected chi connectivity index (χ0v) is 13.1. The molecular formula is C18H19NO4. The van der Waals surface area contributed by atoms with Gasteiger partial charge in [-0.1, -0.05) is 12.7 Å². The Kier molecular flexibility index (Phi) is 5.86. The van der Waals surface area contributed by atoms with Crippen molar-refractivity contribution in [2.24, 2.45) is 4.99 Å². The Morgan fingerprint density at radius 3 is 2.70 bits per heavy atom. The van der Waals surface area contributed by atoms with Crippen LogP contribution in [-0.2, 0) is 4.79 Å². The molecule has 5 nitrogen and oxygen atoms in total. The summed E-state index contributed by atoms with van der Waals surface area (Å²) in [6.07, 6.45) is 5.20. The van der Waals surface area contributed by atoms with Gasteiger partial charge in [-0.15, -0.1) is 0 Å². The van der Waals surface area contributed by atoms with Crippen LogP contribution in [0.3, 0.4) is 0 Å². The molecule has 0 radical (unpaired) electrons. The Hall–Kier alpha value is -2.69. The van der Waals surface area contributed by atoms with Gasteiger partial charge in [-0.25, -0.2) is 0 Å². The number of ketones is 2. The van der Waals surface area contributed by atoms with Crippen molar-refractivity contribution in [3.63, 3.8) is 0 Å². The summed E-state index contributed by atoms with van der Waals surface area (Å²) in [5, 5.41) is 0. The molecule has 0 atom stereocenters. The maximum absolute atomic E-state index is 12.2. The van der Waals surface area contributed by atoms with E-state index in [9.17, 15) is 9.59 Å². The highest BCUT2D eigenvalue weighted by Crippen LogP contribution is 2.31. The fraction of sp³-hybridized carbons (Fsp3) is 0.278. The molecular weight excluding hydrogens is 294 g/mol. The van der Waals surface area contributed by atoms with Gasteiger partial charge in [-0.05, 0) is 31.2 Å². The van der Waals surface area contributed by atoms with Gasteiger partial charge in [0, 0.05) is 24.6 Å². The molecule has 2 rings (SSSR count). The number of fused-ring (bicyclic) bond motifs is 1. The van der Waals surface area contributed by atoms with Crippen LogP contribution in [-0.4, -0.2) is 31.0 Å². The summed E-state index contributed by atoms with van der Waals surface area (Å²) in [7, 11) is 0. The number of rotatable bonds is 7. The Labute approximate surface area is 135 Å². The second-order valence-corrected chi connectivity index (χ2v) is 4.96. The number of allylic oxidation sites excluding steroid dienone is 3. The van der Waals surface area contributed by atoms with Crippen molar-refractivity contribution in [3.8, 4) is 11.5 Å². The third kappa shape index (κ3) is 4.64. The molecule has 0 amide bonds. The Morgan fingerprint density at radius 1 is 1.22 bits per heavy atom. The van der Waals surface area contributed by atoms with Crippen LogP contribution in [0.2, 0.25) is 0 Å². The minimum Gasteiger partial charge on any atom is -0.486 e. The summed E-state index contributed by atoms with van der Waals surface area (Å²) in [5.41, 5.74) is 0.656. The van der Waals surface area contributed by atoms with E-state index in [1.54, 1.807) is 30.4 Å². The highest BCUT2D eigenvalue weighted by atomic mass is 16.6. The topological polar surface area (TPSA) is 65.0 Å². The number of hydrogen-bond donors (Lipinski definition) is 0. The van der Waals surface area contributed by atoms with Gasteiger partial charge in [0.05, 0.1) is 5.70 Å². The van der Waals surface area contributed by atoms with E-state index < -0.39 is 0 Å². The predicted octanol–water partition coefficient (Wildman–Crippen LogP) is 3.15. The maximum atomic E-state index is 12.2. The summed E-state index contributed by atoms with van der Waals surface area (Å²) in [6.45, 7) is 6.43. The number of aliphatic imine (C=N–C) groups is 1. The fourth-order valence-corrected chi connectivity index (χ4v) is 2.02. The molecule has 1 aromatic carbocycles. The van der Waals surface area contributed by atoms with Crippen molar-refractivity contribution in [3.05, 3.63) is 48.2 Å². The third-order valence-corrected chi connectivity index (χ3v) is 3.27. The number of Topliss-reactive ketones (excluding diaryl/α,β-unsaturated/α-hetero) is 2. The minimum atomic E-state index is -0.239. The maximum Gasteiger partial charge on any atom is 0.181 e. The largest absolute Gasteiger partial charge is 0.486 e. The molecule has 0 saturated heterocycles. The van der Waals surface area contributed by atoms with Gasteiger partial charge >= 0.3 is 0 Å². The molecule has 0 aromatic heterocycles. The minimum absolute atomic E-state index is 0.0826. The fourth-order valence-electron chi connectivity index (χ4n) is 2.02. The molecule has 0 unspecified atom stereocenters. The molecule has 0 N–H and O–H groups in total. The van der Waals surface area contributed by atoms with Gasteiger partial charge < -0.3 is 9.47 Å². The highest BCUT2D eigenvalue weighted by molar-refractivity contribution is 6.02. The first-order valence-electron chi connectivity index (χ1n) is 7.42. The van der Waals surface area contributed by atoms with Crippen molar-refractivity contribution in [1.29, 1.82) is 0 Å². The van der Waals surface area contributed by atoms with E-state index in [4.69, 9.17) is 9.47 Å². The highest BCUT2D eigenvalue weighted by Gasteiger charge is 2.16. The number of carbonyl (C=O) groups excluding carboxylic acids is 2. The first-order valence-corrected chi connectivity index (χ1v) is 7.42. The first kappa shape index (κ1) is 16.7. The second kappa shape index (κ2) is 8.08. The first-order chi connectivity index (χ1) is 11.1. The Balaban J connectivity index is 1.92. The van der Waals surface area contributed by atoms with E-state index >= 15 is 0 Å². The standard InChI is InChI=1S/C18H19NO4/c1-3-4-9-19-13(2)15(20)6-7-16(21)14-5-8-17-18(12-14)23-11-10-22-17/h3-5,8-9,12H,2,6-7,10-11H2,1H3/b4-3-,19-9-. The van der Waals surface area contributed by atoms with Crippen LogP contribution in [0.25, 0.3) is 0 Å². The molecule has 23 heavy (non-hydrogen) atoms. The Morgan fingerprint density at radius 2 is 1.96 bits per heavy atom. The average Bonchev–Trinajstić information content (AvgIpc) is 2.59. The Bertz CT molecular complexity index is 674. The van der Waals surface area contributed by atoms with Crippen molar-refractivity contribution >= 4 is 17.8 Å². The van der Waals surface area contributed by atoms with E-state index in [-0.39, 0.29) is 30.1 Å². The number of benzene rings is 1. The number of ether oxygens (including phenoxy) is 2. The molecule has 0 aliphatic carbocycles. The van der Waals surface area contributed by atoms with Gasteiger partial charge in [-0.3, -0.25) is 14.6 Å². The van der Waals surface area contributed by atoms with Gasteiger partial charge in [-0.2, -0.15) is 0 Å². The van der Waals surface area contributed by atoms with Crippen LogP contribution >= 0.6 is 0 Å². The summed E-state index contributed by atoms with van der Waals surface area (Å²) >= 11 is 0. The molecule has 0 bridgehead atoms. The molecule has 1 aromatic rings. The van der Waals surface area contributed by atoms with Crippen LogP contribution < -0.4 is 9.47 Å². The molecule has 0 fully saturated rings. The molecule has 0 saturated carbocycles. The van der Waals surface area contributed by atoms with E-state index in [0.29, 0.717) is 30.3 Å². The van der Waals surface area contributed by atoms with Crippen molar-refractivity contribution in [1.82, 2.24) is 0 Å². The van der Waals surface area contributed by atoms with Crippen LogP contribution in [0.15, 0.2) is 47.6 Å². The number of hydrogen-bond acceptors (Lipinski definition) is 5. The van der Waals surface area contributed by atoms with E-state index in [1.807, 2.05) is 6.92 Å². The van der Waals surface area contributed by atoms with Crippen molar-refractivity contribution < 1.29 is 19.1 Å². The summed E-state index contributed by atoms with van der Waals surface area (Å²) in [5.74, 6) is 0.835. The zero-order valence-electron chi connectivity index (χ0n) is 13.1. The smallest absolute Gasteiger partial charge is 0.181 e. The third-order valence-electron chi connectivity index (χ3n) is 3.27. The van der Waals surface area contributed by atoms with E-state index in [0.717, 1.165) is 0 Å². The normalized spacial score (nSPS) is 13.4. The summed E-state index contributed by atoms with van der Waals surface area (Å²) < 4.78 is 10.9. The van der Waals surface area contributed by atoms with Crippen LogP contribution in [0, 0.1) is 0 Å². The zero-order chi connectivity index (χ0) is 16.7. The van der Waals surface area contributed by atoms with Gasteiger partial charge in [0.1, 0.15) is 13.2 Å². The molecule has 120 valence electrons. The molecule has 0 spiro atoms. The summed E-state index contributed by atoms with van der Waals surface area (Å²) in [6, 6.07) is 5.05. The van der Waals surface area contributed by atoms with Crippen LogP contribution in [0.1, 0.15) is 30.1 Å².